The molecule has 0 spiro atoms. The number of aliphatic hydroxyl groups is 1. The van der Waals surface area contributed by atoms with Crippen molar-refractivity contribution in [1.82, 2.24) is 0 Å². The van der Waals surface area contributed by atoms with Gasteiger partial charge in [0.2, 0.25) is 0 Å². The highest BCUT2D eigenvalue weighted by Crippen LogP contribution is 2.33. The molecule has 0 fully saturated rings. The van der Waals surface area contributed by atoms with E-state index in [1.165, 1.54) is 5.56 Å². The Labute approximate surface area is 117 Å². The van der Waals surface area contributed by atoms with Crippen LogP contribution in [-0.2, 0) is 0 Å². The van der Waals surface area contributed by atoms with E-state index in [2.05, 4.69) is 46.8 Å². The van der Waals surface area contributed by atoms with Crippen molar-refractivity contribution in [3.05, 3.63) is 29.8 Å². The molecule has 1 N–H and O–H groups in total. The molecule has 0 bridgehead atoms. The van der Waals surface area contributed by atoms with Crippen molar-refractivity contribution in [2.24, 2.45) is 17.8 Å². The van der Waals surface area contributed by atoms with Gasteiger partial charge in [0, 0.05) is 0 Å². The van der Waals surface area contributed by atoms with Gasteiger partial charge in [-0.25, -0.2) is 0 Å². The molecule has 19 heavy (non-hydrogen) atoms. The lowest BCUT2D eigenvalue weighted by atomic mass is 9.76. The second-order valence-corrected chi connectivity index (χ2v) is 5.89. The SMILES string of the molecule is CC(C)C(C)C(C)C(C)c1ccc(OCCO)cc1. The zero-order valence-electron chi connectivity index (χ0n) is 12.9. The normalized spacial score (nSPS) is 16.2. The van der Waals surface area contributed by atoms with Crippen LogP contribution in [0.2, 0.25) is 0 Å². The molecule has 1 aromatic rings. The van der Waals surface area contributed by atoms with Crippen molar-refractivity contribution >= 4 is 0 Å². The van der Waals surface area contributed by atoms with Crippen LogP contribution in [0, 0.1) is 17.8 Å². The highest BCUT2D eigenvalue weighted by molar-refractivity contribution is 5.29. The Morgan fingerprint density at radius 3 is 2.00 bits per heavy atom. The van der Waals surface area contributed by atoms with Gasteiger partial charge in [-0.1, -0.05) is 46.8 Å². The van der Waals surface area contributed by atoms with Crippen molar-refractivity contribution in [2.75, 3.05) is 13.2 Å². The molecule has 1 aromatic carbocycles. The number of rotatable bonds is 7. The molecule has 1 rings (SSSR count). The van der Waals surface area contributed by atoms with E-state index in [4.69, 9.17) is 9.84 Å². The second kappa shape index (κ2) is 7.54. The van der Waals surface area contributed by atoms with Crippen LogP contribution >= 0.6 is 0 Å². The third-order valence-electron chi connectivity index (χ3n) is 4.44. The lowest BCUT2D eigenvalue weighted by molar-refractivity contribution is 0.201. The minimum atomic E-state index is 0.0566. The van der Waals surface area contributed by atoms with E-state index in [0.29, 0.717) is 30.3 Å². The molecule has 0 saturated carbocycles. The molecule has 2 heteroatoms. The fourth-order valence-corrected chi connectivity index (χ4v) is 2.40. The Hall–Kier alpha value is -1.02. The van der Waals surface area contributed by atoms with Crippen LogP contribution in [0.25, 0.3) is 0 Å². The summed E-state index contributed by atoms with van der Waals surface area (Å²) < 4.78 is 5.39. The molecular formula is C17H28O2. The molecular weight excluding hydrogens is 236 g/mol. The summed E-state index contributed by atoms with van der Waals surface area (Å²) in [4.78, 5) is 0. The van der Waals surface area contributed by atoms with Gasteiger partial charge < -0.3 is 9.84 Å². The van der Waals surface area contributed by atoms with E-state index in [1.54, 1.807) is 0 Å². The minimum Gasteiger partial charge on any atom is -0.491 e. The molecule has 0 heterocycles. The second-order valence-electron chi connectivity index (χ2n) is 5.89. The number of ether oxygens (including phenoxy) is 1. The summed E-state index contributed by atoms with van der Waals surface area (Å²) in [6.07, 6.45) is 0. The van der Waals surface area contributed by atoms with E-state index in [0.717, 1.165) is 5.75 Å². The van der Waals surface area contributed by atoms with Crippen LogP contribution in [0.1, 0.15) is 46.1 Å². The van der Waals surface area contributed by atoms with Crippen LogP contribution in [-0.4, -0.2) is 18.3 Å². The fourth-order valence-electron chi connectivity index (χ4n) is 2.40. The first-order chi connectivity index (χ1) is 8.97. The van der Waals surface area contributed by atoms with Gasteiger partial charge in [-0.05, 0) is 41.4 Å². The number of hydrogen-bond donors (Lipinski definition) is 1. The van der Waals surface area contributed by atoms with Crippen LogP contribution in [0.3, 0.4) is 0 Å². The van der Waals surface area contributed by atoms with Crippen LogP contribution < -0.4 is 4.74 Å². The quantitative estimate of drug-likeness (QED) is 0.803. The average molecular weight is 264 g/mol. The first-order valence-corrected chi connectivity index (χ1v) is 7.31. The molecule has 0 aliphatic rings. The monoisotopic (exact) mass is 264 g/mol. The fraction of sp³-hybridized carbons (Fsp3) is 0.647. The van der Waals surface area contributed by atoms with Gasteiger partial charge in [-0.3, -0.25) is 0 Å². The summed E-state index contributed by atoms with van der Waals surface area (Å²) in [6.45, 7) is 12.0. The maximum atomic E-state index is 8.73. The lowest BCUT2D eigenvalue weighted by Crippen LogP contribution is -2.19. The van der Waals surface area contributed by atoms with Gasteiger partial charge in [0.15, 0.2) is 0 Å². The van der Waals surface area contributed by atoms with Crippen molar-refractivity contribution in [3.63, 3.8) is 0 Å². The van der Waals surface area contributed by atoms with E-state index >= 15 is 0 Å². The summed E-state index contributed by atoms with van der Waals surface area (Å²) in [5.74, 6) is 3.45. The largest absolute Gasteiger partial charge is 0.491 e. The summed E-state index contributed by atoms with van der Waals surface area (Å²) in [7, 11) is 0. The van der Waals surface area contributed by atoms with E-state index in [9.17, 15) is 0 Å². The van der Waals surface area contributed by atoms with Gasteiger partial charge in [-0.15, -0.1) is 0 Å². The van der Waals surface area contributed by atoms with Crippen LogP contribution in [0.4, 0.5) is 0 Å². The Morgan fingerprint density at radius 2 is 1.53 bits per heavy atom. The van der Waals surface area contributed by atoms with Crippen LogP contribution in [0.15, 0.2) is 24.3 Å². The Kier molecular flexibility index (Phi) is 6.36. The first-order valence-electron chi connectivity index (χ1n) is 7.31. The third kappa shape index (κ3) is 4.54. The summed E-state index contributed by atoms with van der Waals surface area (Å²) in [5, 5.41) is 8.73. The molecule has 3 atom stereocenters. The van der Waals surface area contributed by atoms with Crippen molar-refractivity contribution in [3.8, 4) is 5.75 Å². The summed E-state index contributed by atoms with van der Waals surface area (Å²) >= 11 is 0. The average Bonchev–Trinajstić information content (AvgIpc) is 2.43. The molecule has 0 radical (unpaired) electrons. The van der Waals surface area contributed by atoms with Gasteiger partial charge >= 0.3 is 0 Å². The molecule has 3 unspecified atom stereocenters. The number of hydrogen-bond acceptors (Lipinski definition) is 2. The molecule has 0 aromatic heterocycles. The molecule has 0 aliphatic heterocycles. The highest BCUT2D eigenvalue weighted by atomic mass is 16.5. The molecule has 0 aliphatic carbocycles. The zero-order valence-corrected chi connectivity index (χ0v) is 12.9. The Bertz CT molecular complexity index is 356. The Morgan fingerprint density at radius 1 is 0.947 bits per heavy atom. The van der Waals surface area contributed by atoms with Gasteiger partial charge in [0.1, 0.15) is 12.4 Å². The number of aliphatic hydroxyl groups excluding tert-OH is 1. The van der Waals surface area contributed by atoms with Crippen molar-refractivity contribution < 1.29 is 9.84 Å². The van der Waals surface area contributed by atoms with Crippen molar-refractivity contribution in [2.45, 2.75) is 40.5 Å². The standard InChI is InChI=1S/C17H28O2/c1-12(2)13(3)14(4)15(5)16-6-8-17(9-7-16)19-11-10-18/h6-9,12-15,18H,10-11H2,1-5H3. The predicted molar refractivity (Wildman–Crippen MR) is 80.6 cm³/mol. The van der Waals surface area contributed by atoms with Crippen LogP contribution in [0.5, 0.6) is 5.75 Å². The predicted octanol–water partition coefficient (Wildman–Crippen LogP) is 4.09. The Balaban J connectivity index is 2.69. The smallest absolute Gasteiger partial charge is 0.119 e. The molecule has 0 amide bonds. The summed E-state index contributed by atoms with van der Waals surface area (Å²) in [5.41, 5.74) is 1.36. The number of benzene rings is 1. The zero-order chi connectivity index (χ0) is 14.4. The summed E-state index contributed by atoms with van der Waals surface area (Å²) in [6, 6.07) is 8.27. The molecule has 2 nitrogen and oxygen atoms in total. The maximum Gasteiger partial charge on any atom is 0.119 e. The van der Waals surface area contributed by atoms with E-state index in [-0.39, 0.29) is 6.61 Å². The van der Waals surface area contributed by atoms with Gasteiger partial charge in [0.25, 0.3) is 0 Å². The van der Waals surface area contributed by atoms with Gasteiger partial charge in [-0.2, -0.15) is 0 Å². The molecule has 0 saturated heterocycles. The molecule has 108 valence electrons. The van der Waals surface area contributed by atoms with Crippen molar-refractivity contribution in [1.29, 1.82) is 0 Å². The van der Waals surface area contributed by atoms with E-state index < -0.39 is 0 Å². The third-order valence-corrected chi connectivity index (χ3v) is 4.44. The topological polar surface area (TPSA) is 29.5 Å². The lowest BCUT2D eigenvalue weighted by Gasteiger charge is -2.29. The maximum absolute atomic E-state index is 8.73. The minimum absolute atomic E-state index is 0.0566. The van der Waals surface area contributed by atoms with Gasteiger partial charge in [0.05, 0.1) is 6.61 Å². The first kappa shape index (κ1) is 16.0. The van der Waals surface area contributed by atoms with E-state index in [1.807, 2.05) is 12.1 Å². The highest BCUT2D eigenvalue weighted by Gasteiger charge is 2.22.